The molecule has 7 nitrogen and oxygen atoms in total. The standard InChI is InChI=1S/C25H19F2N3O4/c1-28-23(32)21(16-10-11-19(26)20(27)12-16)29-22(31)15-8-6-14(7-9-15)13-30-24(33)17-4-2-3-5-18(17)25(30)34/h2-12,21H,13H2,1H3,(H,28,32)(H,29,31). The number of hydrogen-bond donors (Lipinski definition) is 2. The van der Waals surface area contributed by atoms with Crippen LogP contribution in [0.3, 0.4) is 0 Å². The highest BCUT2D eigenvalue weighted by atomic mass is 19.2. The molecule has 34 heavy (non-hydrogen) atoms. The van der Waals surface area contributed by atoms with Gasteiger partial charge in [-0.2, -0.15) is 0 Å². The van der Waals surface area contributed by atoms with Crippen LogP contribution in [0.5, 0.6) is 0 Å². The number of nitrogens with zero attached hydrogens (tertiary/aromatic N) is 1. The summed E-state index contributed by atoms with van der Waals surface area (Å²) in [6.45, 7) is 0.0317. The Labute approximate surface area is 193 Å². The molecule has 0 spiro atoms. The Balaban J connectivity index is 1.48. The van der Waals surface area contributed by atoms with Crippen molar-refractivity contribution in [1.82, 2.24) is 15.5 Å². The van der Waals surface area contributed by atoms with E-state index < -0.39 is 29.5 Å². The number of carbonyl (C=O) groups is 4. The van der Waals surface area contributed by atoms with Crippen molar-refractivity contribution in [3.8, 4) is 0 Å². The second-order valence-electron chi connectivity index (χ2n) is 7.63. The van der Waals surface area contributed by atoms with Crippen LogP contribution in [0.25, 0.3) is 0 Å². The van der Waals surface area contributed by atoms with Crippen molar-refractivity contribution in [3.05, 3.63) is 106 Å². The maximum Gasteiger partial charge on any atom is 0.261 e. The van der Waals surface area contributed by atoms with Gasteiger partial charge in [0.1, 0.15) is 6.04 Å². The fraction of sp³-hybridized carbons (Fsp3) is 0.120. The van der Waals surface area contributed by atoms with Crippen LogP contribution >= 0.6 is 0 Å². The Hall–Kier alpha value is -4.40. The van der Waals surface area contributed by atoms with Crippen LogP contribution in [0, 0.1) is 11.6 Å². The normalized spacial score (nSPS) is 13.4. The van der Waals surface area contributed by atoms with E-state index in [-0.39, 0.29) is 29.5 Å². The van der Waals surface area contributed by atoms with Gasteiger partial charge in [0, 0.05) is 12.6 Å². The largest absolute Gasteiger partial charge is 0.357 e. The Morgan fingerprint density at radius 1 is 0.882 bits per heavy atom. The number of amides is 4. The number of benzene rings is 3. The third-order valence-electron chi connectivity index (χ3n) is 5.50. The maximum absolute atomic E-state index is 13.6. The first-order valence-corrected chi connectivity index (χ1v) is 10.3. The molecule has 2 N–H and O–H groups in total. The molecule has 3 aromatic rings. The lowest BCUT2D eigenvalue weighted by Gasteiger charge is -2.18. The van der Waals surface area contributed by atoms with E-state index in [9.17, 15) is 28.0 Å². The summed E-state index contributed by atoms with van der Waals surface area (Å²) >= 11 is 0. The Morgan fingerprint density at radius 2 is 1.50 bits per heavy atom. The molecule has 4 rings (SSSR count). The molecule has 1 unspecified atom stereocenters. The van der Waals surface area contributed by atoms with E-state index in [4.69, 9.17) is 0 Å². The van der Waals surface area contributed by atoms with Gasteiger partial charge in [0.25, 0.3) is 17.7 Å². The Bertz CT molecular complexity index is 1270. The van der Waals surface area contributed by atoms with E-state index in [0.717, 1.165) is 17.0 Å². The van der Waals surface area contributed by atoms with E-state index >= 15 is 0 Å². The molecule has 0 fully saturated rings. The van der Waals surface area contributed by atoms with Crippen LogP contribution in [0.2, 0.25) is 0 Å². The molecule has 1 aliphatic heterocycles. The molecule has 0 aliphatic carbocycles. The highest BCUT2D eigenvalue weighted by Gasteiger charge is 2.35. The fourth-order valence-electron chi connectivity index (χ4n) is 3.68. The summed E-state index contributed by atoms with van der Waals surface area (Å²) in [5.41, 5.74) is 1.59. The van der Waals surface area contributed by atoms with Crippen molar-refractivity contribution >= 4 is 23.6 Å². The summed E-state index contributed by atoms with van der Waals surface area (Å²) < 4.78 is 26.9. The maximum atomic E-state index is 13.6. The number of rotatable bonds is 6. The molecule has 1 atom stereocenters. The molecule has 9 heteroatoms. The highest BCUT2D eigenvalue weighted by molar-refractivity contribution is 6.21. The fourth-order valence-corrected chi connectivity index (χ4v) is 3.68. The smallest absolute Gasteiger partial charge is 0.261 e. The van der Waals surface area contributed by atoms with Gasteiger partial charge < -0.3 is 10.6 Å². The van der Waals surface area contributed by atoms with Crippen molar-refractivity contribution in [2.24, 2.45) is 0 Å². The monoisotopic (exact) mass is 463 g/mol. The molecule has 172 valence electrons. The van der Waals surface area contributed by atoms with E-state index in [1.165, 1.54) is 25.2 Å². The zero-order valence-corrected chi connectivity index (χ0v) is 18.0. The van der Waals surface area contributed by atoms with Gasteiger partial charge in [-0.05, 0) is 47.5 Å². The first-order chi connectivity index (χ1) is 16.3. The minimum atomic E-state index is -1.24. The zero-order valence-electron chi connectivity index (χ0n) is 18.0. The minimum absolute atomic E-state index is 0.0317. The van der Waals surface area contributed by atoms with Gasteiger partial charge in [-0.15, -0.1) is 0 Å². The number of likely N-dealkylation sites (N-methyl/N-ethyl adjacent to an activating group) is 1. The highest BCUT2D eigenvalue weighted by Crippen LogP contribution is 2.24. The summed E-state index contributed by atoms with van der Waals surface area (Å²) in [7, 11) is 1.36. The van der Waals surface area contributed by atoms with Crippen molar-refractivity contribution in [3.63, 3.8) is 0 Å². The summed E-state index contributed by atoms with van der Waals surface area (Å²) in [5.74, 6) is -4.21. The molecule has 0 radical (unpaired) electrons. The predicted molar refractivity (Wildman–Crippen MR) is 118 cm³/mol. The van der Waals surface area contributed by atoms with Crippen LogP contribution in [0.15, 0.2) is 66.7 Å². The number of imide groups is 1. The lowest BCUT2D eigenvalue weighted by molar-refractivity contribution is -0.122. The number of hydrogen-bond acceptors (Lipinski definition) is 4. The van der Waals surface area contributed by atoms with Gasteiger partial charge in [0.2, 0.25) is 5.91 Å². The van der Waals surface area contributed by atoms with Crippen LogP contribution in [0.1, 0.15) is 48.2 Å². The molecule has 1 heterocycles. The average Bonchev–Trinajstić information content (AvgIpc) is 3.09. The van der Waals surface area contributed by atoms with Crippen molar-refractivity contribution in [2.45, 2.75) is 12.6 Å². The second-order valence-corrected chi connectivity index (χ2v) is 7.63. The molecule has 3 aromatic carbocycles. The van der Waals surface area contributed by atoms with Gasteiger partial charge >= 0.3 is 0 Å². The van der Waals surface area contributed by atoms with Crippen molar-refractivity contribution in [2.75, 3.05) is 7.05 Å². The van der Waals surface area contributed by atoms with E-state index in [1.807, 2.05) is 0 Å². The number of nitrogens with one attached hydrogen (secondary N) is 2. The first kappa shape index (κ1) is 22.8. The Morgan fingerprint density at radius 3 is 2.06 bits per heavy atom. The molecule has 0 aromatic heterocycles. The van der Waals surface area contributed by atoms with Gasteiger partial charge in [0.05, 0.1) is 17.7 Å². The zero-order chi connectivity index (χ0) is 24.4. The summed E-state index contributed by atoms with van der Waals surface area (Å²) in [4.78, 5) is 51.2. The molecule has 4 amide bonds. The van der Waals surface area contributed by atoms with Gasteiger partial charge in [-0.1, -0.05) is 30.3 Å². The summed E-state index contributed by atoms with van der Waals surface area (Å²) in [5, 5.41) is 4.89. The molecule has 0 bridgehead atoms. The lowest BCUT2D eigenvalue weighted by atomic mass is 10.0. The average molecular weight is 463 g/mol. The van der Waals surface area contributed by atoms with Gasteiger partial charge in [-0.3, -0.25) is 24.1 Å². The summed E-state index contributed by atoms with van der Waals surface area (Å²) in [6.07, 6.45) is 0. The number of fused-ring (bicyclic) bond motifs is 1. The third-order valence-corrected chi connectivity index (χ3v) is 5.50. The SMILES string of the molecule is CNC(=O)C(NC(=O)c1ccc(CN2C(=O)c3ccccc3C2=O)cc1)c1ccc(F)c(F)c1. The van der Waals surface area contributed by atoms with E-state index in [0.29, 0.717) is 16.7 Å². The topological polar surface area (TPSA) is 95.6 Å². The second kappa shape index (κ2) is 9.22. The van der Waals surface area contributed by atoms with E-state index in [2.05, 4.69) is 10.6 Å². The Kier molecular flexibility index (Phi) is 6.18. The van der Waals surface area contributed by atoms with Crippen LogP contribution < -0.4 is 10.6 Å². The van der Waals surface area contributed by atoms with E-state index in [1.54, 1.807) is 36.4 Å². The lowest BCUT2D eigenvalue weighted by Crippen LogP contribution is -2.39. The molecular formula is C25H19F2N3O4. The number of halogens is 2. The molecule has 0 saturated carbocycles. The predicted octanol–water partition coefficient (Wildman–Crippen LogP) is 2.98. The molecule has 1 aliphatic rings. The first-order valence-electron chi connectivity index (χ1n) is 10.3. The van der Waals surface area contributed by atoms with Gasteiger partial charge in [-0.25, -0.2) is 8.78 Å². The van der Waals surface area contributed by atoms with Crippen LogP contribution in [-0.2, 0) is 11.3 Å². The quantitative estimate of drug-likeness (QED) is 0.550. The summed E-state index contributed by atoms with van der Waals surface area (Å²) in [6, 6.07) is 14.4. The van der Waals surface area contributed by atoms with Crippen LogP contribution in [-0.4, -0.2) is 35.6 Å². The van der Waals surface area contributed by atoms with Gasteiger partial charge in [0.15, 0.2) is 11.6 Å². The molecular weight excluding hydrogens is 444 g/mol. The molecule has 0 saturated heterocycles. The number of carbonyl (C=O) groups excluding carboxylic acids is 4. The van der Waals surface area contributed by atoms with Crippen molar-refractivity contribution < 1.29 is 28.0 Å². The van der Waals surface area contributed by atoms with Crippen molar-refractivity contribution in [1.29, 1.82) is 0 Å². The third kappa shape index (κ3) is 4.27. The minimum Gasteiger partial charge on any atom is -0.357 e. The van der Waals surface area contributed by atoms with Crippen LogP contribution in [0.4, 0.5) is 8.78 Å².